The maximum Gasteiger partial charge on any atom is 0.228 e. The molecular formula is C15H9ClFNO2. The molecule has 0 atom stereocenters. The zero-order valence-corrected chi connectivity index (χ0v) is 11.0. The van der Waals surface area contributed by atoms with Crippen LogP contribution < -0.4 is 5.32 Å². The highest BCUT2D eigenvalue weighted by Crippen LogP contribution is 2.34. The molecule has 1 heterocycles. The number of rotatable bonds is 2. The van der Waals surface area contributed by atoms with Crippen molar-refractivity contribution in [2.24, 2.45) is 0 Å². The smallest absolute Gasteiger partial charge is 0.228 e. The van der Waals surface area contributed by atoms with Crippen molar-refractivity contribution in [3.05, 3.63) is 63.9 Å². The second-order valence-electron chi connectivity index (χ2n) is 4.52. The van der Waals surface area contributed by atoms with Crippen molar-refractivity contribution in [2.75, 3.05) is 5.32 Å². The molecule has 0 spiro atoms. The molecule has 0 radical (unpaired) electrons. The van der Waals surface area contributed by atoms with Crippen molar-refractivity contribution in [1.29, 1.82) is 0 Å². The van der Waals surface area contributed by atoms with E-state index in [1.54, 1.807) is 12.1 Å². The van der Waals surface area contributed by atoms with Crippen LogP contribution in [0, 0.1) is 5.82 Å². The van der Waals surface area contributed by atoms with Gasteiger partial charge in [0.05, 0.1) is 22.7 Å². The molecule has 0 saturated heterocycles. The number of hydrogen-bond acceptors (Lipinski definition) is 2. The fourth-order valence-corrected chi connectivity index (χ4v) is 2.48. The van der Waals surface area contributed by atoms with Gasteiger partial charge < -0.3 is 5.32 Å². The Kier molecular flexibility index (Phi) is 3.03. The Morgan fingerprint density at radius 1 is 1.15 bits per heavy atom. The van der Waals surface area contributed by atoms with Gasteiger partial charge in [-0.3, -0.25) is 9.59 Å². The minimum atomic E-state index is -0.417. The highest BCUT2D eigenvalue weighted by atomic mass is 35.5. The van der Waals surface area contributed by atoms with Crippen LogP contribution >= 0.6 is 11.6 Å². The van der Waals surface area contributed by atoms with E-state index in [1.165, 1.54) is 24.3 Å². The van der Waals surface area contributed by atoms with Crippen LogP contribution in [0.15, 0.2) is 36.4 Å². The first-order valence-corrected chi connectivity index (χ1v) is 6.35. The Morgan fingerprint density at radius 2 is 1.85 bits per heavy atom. The van der Waals surface area contributed by atoms with E-state index in [0.717, 1.165) is 5.56 Å². The van der Waals surface area contributed by atoms with Gasteiger partial charge in [0.25, 0.3) is 0 Å². The summed E-state index contributed by atoms with van der Waals surface area (Å²) in [7, 11) is 0. The standard InChI is InChI=1S/C15H9ClFNO2/c16-11-6-3-9-7-12(19)18-14(9)13(11)15(20)8-1-4-10(17)5-2-8/h1-6H,7H2,(H,18,19). The van der Waals surface area contributed by atoms with E-state index in [2.05, 4.69) is 5.32 Å². The predicted octanol–water partition coefficient (Wildman–Crippen LogP) is 3.20. The molecule has 3 rings (SSSR count). The van der Waals surface area contributed by atoms with Crippen molar-refractivity contribution in [3.8, 4) is 0 Å². The van der Waals surface area contributed by atoms with Gasteiger partial charge in [-0.25, -0.2) is 4.39 Å². The van der Waals surface area contributed by atoms with Gasteiger partial charge in [0.1, 0.15) is 5.82 Å². The maximum atomic E-state index is 12.9. The number of nitrogens with one attached hydrogen (secondary N) is 1. The van der Waals surface area contributed by atoms with Crippen molar-refractivity contribution in [1.82, 2.24) is 0 Å². The molecule has 1 aliphatic heterocycles. The number of amides is 1. The molecule has 0 aliphatic carbocycles. The van der Waals surface area contributed by atoms with Gasteiger partial charge in [0.15, 0.2) is 5.78 Å². The quantitative estimate of drug-likeness (QED) is 0.863. The molecule has 1 N–H and O–H groups in total. The van der Waals surface area contributed by atoms with Crippen molar-refractivity contribution < 1.29 is 14.0 Å². The lowest BCUT2D eigenvalue weighted by atomic mass is 9.99. The van der Waals surface area contributed by atoms with E-state index in [9.17, 15) is 14.0 Å². The lowest BCUT2D eigenvalue weighted by molar-refractivity contribution is -0.115. The third-order valence-electron chi connectivity index (χ3n) is 3.19. The van der Waals surface area contributed by atoms with E-state index < -0.39 is 5.82 Å². The molecule has 0 fully saturated rings. The average Bonchev–Trinajstić information content (AvgIpc) is 2.79. The number of carbonyl (C=O) groups excluding carboxylic acids is 2. The van der Waals surface area contributed by atoms with E-state index in [4.69, 9.17) is 11.6 Å². The summed E-state index contributed by atoms with van der Waals surface area (Å²) in [6.07, 6.45) is 0.232. The number of hydrogen-bond donors (Lipinski definition) is 1. The molecule has 1 amide bonds. The van der Waals surface area contributed by atoms with Crippen molar-refractivity contribution >= 4 is 29.0 Å². The van der Waals surface area contributed by atoms with E-state index in [-0.39, 0.29) is 28.7 Å². The number of halogens is 2. The molecule has 20 heavy (non-hydrogen) atoms. The van der Waals surface area contributed by atoms with Crippen LogP contribution in [0.25, 0.3) is 0 Å². The van der Waals surface area contributed by atoms with Gasteiger partial charge in [0.2, 0.25) is 5.91 Å². The summed E-state index contributed by atoms with van der Waals surface area (Å²) in [4.78, 5) is 23.9. The SMILES string of the molecule is O=C1Cc2ccc(Cl)c(C(=O)c3ccc(F)cc3)c2N1. The molecule has 5 heteroatoms. The summed E-state index contributed by atoms with van der Waals surface area (Å²) in [6.45, 7) is 0. The van der Waals surface area contributed by atoms with Crippen LogP contribution in [-0.4, -0.2) is 11.7 Å². The van der Waals surface area contributed by atoms with Gasteiger partial charge in [-0.2, -0.15) is 0 Å². The molecule has 0 bridgehead atoms. The molecule has 0 aromatic heterocycles. The predicted molar refractivity (Wildman–Crippen MR) is 73.6 cm³/mol. The van der Waals surface area contributed by atoms with Gasteiger partial charge in [-0.1, -0.05) is 17.7 Å². The number of anilines is 1. The van der Waals surface area contributed by atoms with E-state index in [0.29, 0.717) is 11.3 Å². The van der Waals surface area contributed by atoms with Crippen LogP contribution in [0.1, 0.15) is 21.5 Å². The molecule has 2 aromatic carbocycles. The first-order chi connectivity index (χ1) is 9.56. The second kappa shape index (κ2) is 4.72. The Bertz CT molecular complexity index is 725. The van der Waals surface area contributed by atoms with E-state index >= 15 is 0 Å². The first-order valence-electron chi connectivity index (χ1n) is 5.98. The first kappa shape index (κ1) is 12.8. The summed E-state index contributed by atoms with van der Waals surface area (Å²) >= 11 is 6.09. The molecule has 0 unspecified atom stereocenters. The van der Waals surface area contributed by atoms with Gasteiger partial charge >= 0.3 is 0 Å². The fourth-order valence-electron chi connectivity index (χ4n) is 2.23. The zero-order chi connectivity index (χ0) is 14.3. The Morgan fingerprint density at radius 3 is 2.55 bits per heavy atom. The van der Waals surface area contributed by atoms with Gasteiger partial charge in [-0.15, -0.1) is 0 Å². The maximum absolute atomic E-state index is 12.9. The molecule has 0 saturated carbocycles. The van der Waals surface area contributed by atoms with E-state index in [1.807, 2.05) is 0 Å². The lowest BCUT2D eigenvalue weighted by Crippen LogP contribution is -2.09. The fraction of sp³-hybridized carbons (Fsp3) is 0.0667. The molecule has 3 nitrogen and oxygen atoms in total. The summed E-state index contributed by atoms with van der Waals surface area (Å²) in [5, 5.41) is 2.91. The van der Waals surface area contributed by atoms with Crippen molar-refractivity contribution in [3.63, 3.8) is 0 Å². The van der Waals surface area contributed by atoms with Crippen LogP contribution in [0.5, 0.6) is 0 Å². The summed E-state index contributed by atoms with van der Waals surface area (Å²) in [5.41, 5.74) is 1.77. The zero-order valence-electron chi connectivity index (χ0n) is 10.2. The number of fused-ring (bicyclic) bond motifs is 1. The minimum absolute atomic E-state index is 0.171. The van der Waals surface area contributed by atoms with Gasteiger partial charge in [-0.05, 0) is 35.9 Å². The summed E-state index contributed by atoms with van der Waals surface area (Å²) in [6, 6.07) is 8.52. The molecule has 2 aromatic rings. The molecule has 100 valence electrons. The van der Waals surface area contributed by atoms with Crippen LogP contribution in [0.3, 0.4) is 0 Å². The van der Waals surface area contributed by atoms with Crippen molar-refractivity contribution in [2.45, 2.75) is 6.42 Å². The van der Waals surface area contributed by atoms with Gasteiger partial charge in [0, 0.05) is 5.56 Å². The lowest BCUT2D eigenvalue weighted by Gasteiger charge is -2.09. The average molecular weight is 290 g/mol. The number of benzene rings is 2. The second-order valence-corrected chi connectivity index (χ2v) is 4.92. The largest absolute Gasteiger partial charge is 0.325 e. The molecule has 1 aliphatic rings. The number of carbonyl (C=O) groups is 2. The summed E-state index contributed by atoms with van der Waals surface area (Å²) in [5.74, 6) is -0.927. The highest BCUT2D eigenvalue weighted by molar-refractivity contribution is 6.36. The normalized spacial score (nSPS) is 13.0. The monoisotopic (exact) mass is 289 g/mol. The topological polar surface area (TPSA) is 46.2 Å². The third kappa shape index (κ3) is 2.08. The Balaban J connectivity index is 2.11. The number of ketones is 1. The van der Waals surface area contributed by atoms with Crippen LogP contribution in [-0.2, 0) is 11.2 Å². The Hall–Kier alpha value is -2.20. The van der Waals surface area contributed by atoms with Crippen LogP contribution in [0.2, 0.25) is 5.02 Å². The Labute approximate surface area is 119 Å². The molecular weight excluding hydrogens is 281 g/mol. The minimum Gasteiger partial charge on any atom is -0.325 e. The third-order valence-corrected chi connectivity index (χ3v) is 3.50. The summed E-state index contributed by atoms with van der Waals surface area (Å²) < 4.78 is 12.9. The van der Waals surface area contributed by atoms with Crippen LogP contribution in [0.4, 0.5) is 10.1 Å². The highest BCUT2D eigenvalue weighted by Gasteiger charge is 2.26.